The maximum Gasteiger partial charge on any atom is 0.0791 e. The molecule has 1 heterocycles. The minimum atomic E-state index is 0.760. The van der Waals surface area contributed by atoms with Crippen LogP contribution in [0.2, 0.25) is 0 Å². The predicted molar refractivity (Wildman–Crippen MR) is 25.8 cm³/mol. The lowest BCUT2D eigenvalue weighted by molar-refractivity contribution is 0.925. The van der Waals surface area contributed by atoms with Crippen LogP contribution < -0.4 is 0 Å². The average Bonchev–Trinajstić information content (AvgIpc) is 2.14. The molecule has 0 saturated carbocycles. The zero-order valence-electron chi connectivity index (χ0n) is 3.68. The van der Waals surface area contributed by atoms with Crippen LogP contribution in [0.4, 0.5) is 0 Å². The highest BCUT2D eigenvalue weighted by atomic mass is 28.1. The van der Waals surface area contributed by atoms with Crippen molar-refractivity contribution in [3.05, 3.63) is 11.9 Å². The molecule has 35 valence electrons. The van der Waals surface area contributed by atoms with Gasteiger partial charge in [0, 0.05) is 10.2 Å². The van der Waals surface area contributed by atoms with Gasteiger partial charge in [0.2, 0.25) is 0 Å². The summed E-state index contributed by atoms with van der Waals surface area (Å²) in [4.78, 5) is 0. The van der Waals surface area contributed by atoms with E-state index in [1.54, 1.807) is 6.20 Å². The van der Waals surface area contributed by atoms with Gasteiger partial charge in [-0.05, 0) is 6.04 Å². The van der Waals surface area contributed by atoms with Crippen molar-refractivity contribution in [1.29, 1.82) is 0 Å². The fourth-order valence-electron chi connectivity index (χ4n) is 0.311. The number of aromatic nitrogens is 3. The molecule has 3 nitrogen and oxygen atoms in total. The standard InChI is InChI=1S/C3H4N3Si/c7-2-3-1-4-6-5-3/h1H,2H2,(H,4,5,6). The average molecular weight is 110 g/mol. The molecule has 0 aromatic carbocycles. The summed E-state index contributed by atoms with van der Waals surface area (Å²) in [6, 6.07) is 0.760. The Hall–Kier alpha value is -0.643. The SMILES string of the molecule is [Si]Cc1cn[nH]n1. The maximum absolute atomic E-state index is 3.75. The Bertz CT molecular complexity index is 125. The summed E-state index contributed by atoms with van der Waals surface area (Å²) in [5, 5.41) is 9.83. The number of hydrogen-bond acceptors (Lipinski definition) is 2. The molecule has 0 aliphatic carbocycles. The molecule has 0 aliphatic heterocycles. The van der Waals surface area contributed by atoms with Crippen LogP contribution in [0.3, 0.4) is 0 Å². The maximum atomic E-state index is 3.75. The zero-order chi connectivity index (χ0) is 5.11. The molecule has 1 aromatic heterocycles. The summed E-state index contributed by atoms with van der Waals surface area (Å²) in [6.45, 7) is 0. The van der Waals surface area contributed by atoms with Gasteiger partial charge in [-0.3, -0.25) is 0 Å². The normalized spacial score (nSPS) is 9.29. The molecule has 0 amide bonds. The molecule has 0 unspecified atom stereocenters. The van der Waals surface area contributed by atoms with Crippen molar-refractivity contribution in [2.24, 2.45) is 0 Å². The molecule has 0 atom stereocenters. The van der Waals surface area contributed by atoms with Crippen LogP contribution in [0.1, 0.15) is 5.69 Å². The summed E-state index contributed by atoms with van der Waals surface area (Å²) in [7, 11) is 3.26. The van der Waals surface area contributed by atoms with Gasteiger partial charge in [-0.1, -0.05) is 0 Å². The number of rotatable bonds is 1. The van der Waals surface area contributed by atoms with Crippen LogP contribution in [0.15, 0.2) is 6.20 Å². The van der Waals surface area contributed by atoms with Gasteiger partial charge in [0.1, 0.15) is 0 Å². The number of aromatic amines is 1. The van der Waals surface area contributed by atoms with E-state index in [1.165, 1.54) is 0 Å². The van der Waals surface area contributed by atoms with Crippen molar-refractivity contribution in [2.75, 3.05) is 0 Å². The minimum Gasteiger partial charge on any atom is -0.198 e. The predicted octanol–water partition coefficient (Wildman–Crippen LogP) is -0.527. The molecular weight excluding hydrogens is 106 g/mol. The highest BCUT2D eigenvalue weighted by molar-refractivity contribution is 6.08. The number of nitrogens with zero attached hydrogens (tertiary/aromatic N) is 2. The second-order valence-corrected chi connectivity index (χ2v) is 1.49. The fourth-order valence-corrected chi connectivity index (χ4v) is 0.481. The molecular formula is C3H4N3Si. The Morgan fingerprint density at radius 2 is 2.71 bits per heavy atom. The van der Waals surface area contributed by atoms with E-state index in [1.807, 2.05) is 0 Å². The fraction of sp³-hybridized carbons (Fsp3) is 0.333. The smallest absolute Gasteiger partial charge is 0.0791 e. The van der Waals surface area contributed by atoms with Crippen LogP contribution in [0.25, 0.3) is 0 Å². The largest absolute Gasteiger partial charge is 0.198 e. The van der Waals surface area contributed by atoms with Gasteiger partial charge in [0.15, 0.2) is 0 Å². The van der Waals surface area contributed by atoms with Gasteiger partial charge >= 0.3 is 0 Å². The van der Waals surface area contributed by atoms with Gasteiger partial charge in [0.25, 0.3) is 0 Å². The molecule has 0 aliphatic rings. The molecule has 1 N–H and O–H groups in total. The van der Waals surface area contributed by atoms with E-state index >= 15 is 0 Å². The Balaban J connectivity index is 2.76. The molecule has 1 aromatic rings. The third-order valence-corrected chi connectivity index (χ3v) is 1.01. The lowest BCUT2D eigenvalue weighted by Crippen LogP contribution is -1.80. The summed E-state index contributed by atoms with van der Waals surface area (Å²) >= 11 is 0. The second-order valence-electron chi connectivity index (χ2n) is 1.14. The summed E-state index contributed by atoms with van der Waals surface area (Å²) in [5.41, 5.74) is 0.927. The van der Waals surface area contributed by atoms with Crippen molar-refractivity contribution < 1.29 is 0 Å². The van der Waals surface area contributed by atoms with E-state index in [4.69, 9.17) is 0 Å². The van der Waals surface area contributed by atoms with E-state index in [2.05, 4.69) is 25.7 Å². The van der Waals surface area contributed by atoms with Crippen molar-refractivity contribution in [2.45, 2.75) is 6.04 Å². The van der Waals surface area contributed by atoms with Crippen molar-refractivity contribution >= 4 is 10.2 Å². The minimum absolute atomic E-state index is 0.760. The van der Waals surface area contributed by atoms with E-state index in [-0.39, 0.29) is 0 Å². The Morgan fingerprint density at radius 1 is 1.86 bits per heavy atom. The monoisotopic (exact) mass is 110 g/mol. The molecule has 4 heteroatoms. The first-order valence-electron chi connectivity index (χ1n) is 1.92. The van der Waals surface area contributed by atoms with E-state index in [9.17, 15) is 0 Å². The summed E-state index contributed by atoms with van der Waals surface area (Å²) in [5.74, 6) is 0. The van der Waals surface area contributed by atoms with Crippen molar-refractivity contribution in [3.8, 4) is 0 Å². The molecule has 0 bridgehead atoms. The quantitative estimate of drug-likeness (QED) is 0.494. The van der Waals surface area contributed by atoms with E-state index in [0.29, 0.717) is 0 Å². The van der Waals surface area contributed by atoms with Gasteiger partial charge in [-0.25, -0.2) is 0 Å². The first-order chi connectivity index (χ1) is 3.43. The summed E-state index contributed by atoms with van der Waals surface area (Å²) < 4.78 is 0. The molecule has 3 radical (unpaired) electrons. The third-order valence-electron chi connectivity index (χ3n) is 0.646. The Morgan fingerprint density at radius 3 is 3.00 bits per heavy atom. The van der Waals surface area contributed by atoms with E-state index < -0.39 is 0 Å². The van der Waals surface area contributed by atoms with Gasteiger partial charge in [0.05, 0.1) is 11.9 Å². The molecule has 7 heavy (non-hydrogen) atoms. The van der Waals surface area contributed by atoms with Crippen LogP contribution in [-0.4, -0.2) is 25.7 Å². The van der Waals surface area contributed by atoms with Crippen LogP contribution >= 0.6 is 0 Å². The molecule has 0 fully saturated rings. The first-order valence-corrected chi connectivity index (χ1v) is 2.63. The molecule has 0 saturated heterocycles. The third kappa shape index (κ3) is 0.864. The Labute approximate surface area is 44.6 Å². The van der Waals surface area contributed by atoms with E-state index in [0.717, 1.165) is 11.7 Å². The van der Waals surface area contributed by atoms with Gasteiger partial charge < -0.3 is 0 Å². The number of nitrogens with one attached hydrogen (secondary N) is 1. The van der Waals surface area contributed by atoms with Crippen LogP contribution in [-0.2, 0) is 6.04 Å². The van der Waals surface area contributed by atoms with Gasteiger partial charge in [-0.15, -0.1) is 0 Å². The number of H-pyrrole nitrogens is 1. The first kappa shape index (κ1) is 4.51. The zero-order valence-corrected chi connectivity index (χ0v) is 4.68. The van der Waals surface area contributed by atoms with Crippen LogP contribution in [0, 0.1) is 0 Å². The topological polar surface area (TPSA) is 41.6 Å². The lowest BCUT2D eigenvalue weighted by Gasteiger charge is -1.74. The number of hydrogen-bond donors (Lipinski definition) is 1. The lowest BCUT2D eigenvalue weighted by atomic mass is 10.6. The summed E-state index contributed by atoms with van der Waals surface area (Å²) in [6.07, 6.45) is 1.67. The van der Waals surface area contributed by atoms with Crippen LogP contribution in [0.5, 0.6) is 0 Å². The molecule has 1 rings (SSSR count). The Kier molecular flexibility index (Phi) is 1.21. The highest BCUT2D eigenvalue weighted by Crippen LogP contribution is 1.82. The van der Waals surface area contributed by atoms with Crippen molar-refractivity contribution in [1.82, 2.24) is 15.4 Å². The second kappa shape index (κ2) is 1.88. The molecule has 0 spiro atoms. The highest BCUT2D eigenvalue weighted by Gasteiger charge is 1.85. The van der Waals surface area contributed by atoms with Crippen molar-refractivity contribution in [3.63, 3.8) is 0 Å². The van der Waals surface area contributed by atoms with Gasteiger partial charge in [-0.2, -0.15) is 15.4 Å².